The van der Waals surface area contributed by atoms with E-state index in [1.165, 1.54) is 12.0 Å². The van der Waals surface area contributed by atoms with E-state index in [2.05, 4.69) is 49.3 Å². The molecular formula is C25H30Br2N2O2S. The number of hydrogen-bond donors (Lipinski definition) is 1. The lowest BCUT2D eigenvalue weighted by Crippen LogP contribution is -2.50. The van der Waals surface area contributed by atoms with Crippen LogP contribution in [-0.4, -0.2) is 34.6 Å². The second-order valence-corrected chi connectivity index (χ2v) is 11.1. The van der Waals surface area contributed by atoms with Crippen LogP contribution < -0.4 is 5.32 Å². The minimum atomic E-state index is -0.513. The van der Waals surface area contributed by atoms with Crippen molar-refractivity contribution in [2.24, 2.45) is 0 Å². The monoisotopic (exact) mass is 580 g/mol. The lowest BCUT2D eigenvalue weighted by Gasteiger charge is -2.31. The van der Waals surface area contributed by atoms with Gasteiger partial charge in [0.05, 0.1) is 5.75 Å². The van der Waals surface area contributed by atoms with E-state index in [4.69, 9.17) is 0 Å². The first kappa shape index (κ1) is 25.3. The number of amides is 2. The lowest BCUT2D eigenvalue weighted by atomic mass is 9.95. The van der Waals surface area contributed by atoms with Crippen LogP contribution in [0.25, 0.3) is 0 Å². The van der Waals surface area contributed by atoms with Crippen LogP contribution in [0.3, 0.4) is 0 Å². The van der Waals surface area contributed by atoms with E-state index in [-0.39, 0.29) is 17.9 Å². The number of carbonyl (C=O) groups is 2. The molecule has 32 heavy (non-hydrogen) atoms. The number of nitrogens with one attached hydrogen (secondary N) is 1. The van der Waals surface area contributed by atoms with E-state index in [1.807, 2.05) is 43.3 Å². The maximum Gasteiger partial charge on any atom is 0.242 e. The second-order valence-electron chi connectivity index (χ2n) is 8.29. The fraction of sp³-hybridized carbons (Fsp3) is 0.440. The third-order valence-electron chi connectivity index (χ3n) is 5.79. The number of nitrogens with zero attached hydrogens (tertiary/aromatic N) is 1. The molecule has 1 N–H and O–H groups in total. The van der Waals surface area contributed by atoms with Gasteiger partial charge in [0.25, 0.3) is 0 Å². The van der Waals surface area contributed by atoms with Gasteiger partial charge in [0, 0.05) is 27.3 Å². The van der Waals surface area contributed by atoms with Crippen LogP contribution in [0.4, 0.5) is 0 Å². The highest BCUT2D eigenvalue weighted by Crippen LogP contribution is 2.20. The zero-order chi connectivity index (χ0) is 22.9. The van der Waals surface area contributed by atoms with E-state index in [0.717, 1.165) is 45.9 Å². The Morgan fingerprint density at radius 1 is 0.969 bits per heavy atom. The normalized spacial score (nSPS) is 15.2. The zero-order valence-electron chi connectivity index (χ0n) is 18.4. The Hall–Kier alpha value is -1.31. The Morgan fingerprint density at radius 2 is 1.53 bits per heavy atom. The van der Waals surface area contributed by atoms with Crippen LogP contribution in [0, 0.1) is 0 Å². The van der Waals surface area contributed by atoms with Gasteiger partial charge in [-0.3, -0.25) is 9.59 Å². The molecule has 1 aliphatic rings. The van der Waals surface area contributed by atoms with Crippen molar-refractivity contribution in [3.63, 3.8) is 0 Å². The molecule has 1 aliphatic carbocycles. The first-order valence-corrected chi connectivity index (χ1v) is 13.8. The Labute approximate surface area is 212 Å². The van der Waals surface area contributed by atoms with Gasteiger partial charge < -0.3 is 10.2 Å². The predicted molar refractivity (Wildman–Crippen MR) is 139 cm³/mol. The van der Waals surface area contributed by atoms with E-state index in [0.29, 0.717) is 12.3 Å². The molecule has 1 saturated carbocycles. The molecule has 0 bridgehead atoms. The summed E-state index contributed by atoms with van der Waals surface area (Å²) in [5.74, 6) is 1.03. The summed E-state index contributed by atoms with van der Waals surface area (Å²) in [5, 5.41) is 3.18. The number of thioether (sulfide) groups is 1. The molecule has 1 unspecified atom stereocenters. The molecular weight excluding hydrogens is 552 g/mol. The number of hydrogen-bond acceptors (Lipinski definition) is 3. The lowest BCUT2D eigenvalue weighted by molar-refractivity contribution is -0.139. The molecule has 3 rings (SSSR count). The highest BCUT2D eigenvalue weighted by atomic mass is 79.9. The molecule has 4 nitrogen and oxygen atoms in total. The van der Waals surface area contributed by atoms with Crippen molar-refractivity contribution in [1.82, 2.24) is 10.2 Å². The van der Waals surface area contributed by atoms with E-state index in [9.17, 15) is 9.59 Å². The van der Waals surface area contributed by atoms with Gasteiger partial charge in [0.2, 0.25) is 11.8 Å². The maximum atomic E-state index is 13.2. The summed E-state index contributed by atoms with van der Waals surface area (Å²) in [7, 11) is 0. The molecule has 0 radical (unpaired) electrons. The molecule has 0 aliphatic heterocycles. The average Bonchev–Trinajstić information content (AvgIpc) is 2.80. The third kappa shape index (κ3) is 7.92. The standard InChI is InChI=1S/C25H30Br2N2O2S/c1-18(25(31)28-23-5-3-2-4-6-23)29(15-19-7-11-21(26)12-8-19)24(30)17-32-16-20-9-13-22(27)14-10-20/h7-14,18,23H,2-6,15-17H2,1H3,(H,28,31). The highest BCUT2D eigenvalue weighted by molar-refractivity contribution is 9.10. The molecule has 1 atom stereocenters. The van der Waals surface area contributed by atoms with Crippen LogP contribution in [-0.2, 0) is 21.9 Å². The zero-order valence-corrected chi connectivity index (χ0v) is 22.3. The van der Waals surface area contributed by atoms with Gasteiger partial charge in [-0.25, -0.2) is 0 Å². The molecule has 172 valence electrons. The van der Waals surface area contributed by atoms with Crippen LogP contribution >= 0.6 is 43.6 Å². The summed E-state index contributed by atoms with van der Waals surface area (Å²) in [4.78, 5) is 27.9. The quantitative estimate of drug-likeness (QED) is 0.377. The molecule has 2 amide bonds. The van der Waals surface area contributed by atoms with Crippen LogP contribution in [0.2, 0.25) is 0 Å². The SMILES string of the molecule is CC(C(=O)NC1CCCCC1)N(Cc1ccc(Br)cc1)C(=O)CSCc1ccc(Br)cc1. The summed E-state index contributed by atoms with van der Waals surface area (Å²) in [6.45, 7) is 2.26. The molecule has 1 fully saturated rings. The summed E-state index contributed by atoms with van der Waals surface area (Å²) in [6, 6.07) is 15.8. The molecule has 0 spiro atoms. The summed E-state index contributed by atoms with van der Waals surface area (Å²) >= 11 is 8.49. The van der Waals surface area contributed by atoms with Gasteiger partial charge >= 0.3 is 0 Å². The minimum absolute atomic E-state index is 0.0127. The summed E-state index contributed by atoms with van der Waals surface area (Å²) in [6.07, 6.45) is 5.62. The number of benzene rings is 2. The van der Waals surface area contributed by atoms with Gasteiger partial charge in [0.15, 0.2) is 0 Å². The van der Waals surface area contributed by atoms with Crippen LogP contribution in [0.5, 0.6) is 0 Å². The fourth-order valence-electron chi connectivity index (χ4n) is 3.86. The highest BCUT2D eigenvalue weighted by Gasteiger charge is 2.28. The summed E-state index contributed by atoms with van der Waals surface area (Å²) < 4.78 is 2.04. The Bertz CT molecular complexity index is 884. The van der Waals surface area contributed by atoms with Crippen molar-refractivity contribution in [2.75, 3.05) is 5.75 Å². The van der Waals surface area contributed by atoms with Gasteiger partial charge in [-0.1, -0.05) is 75.4 Å². The van der Waals surface area contributed by atoms with Crippen molar-refractivity contribution in [1.29, 1.82) is 0 Å². The number of carbonyl (C=O) groups excluding carboxylic acids is 2. The fourth-order valence-corrected chi connectivity index (χ4v) is 5.26. The van der Waals surface area contributed by atoms with Crippen molar-refractivity contribution < 1.29 is 9.59 Å². The molecule has 2 aromatic rings. The van der Waals surface area contributed by atoms with Gasteiger partial charge in [0.1, 0.15) is 6.04 Å². The average molecular weight is 582 g/mol. The third-order valence-corrected chi connectivity index (χ3v) is 7.84. The Balaban J connectivity index is 1.64. The van der Waals surface area contributed by atoms with Crippen molar-refractivity contribution in [3.8, 4) is 0 Å². The maximum absolute atomic E-state index is 13.2. The topological polar surface area (TPSA) is 49.4 Å². The van der Waals surface area contributed by atoms with E-state index in [1.54, 1.807) is 16.7 Å². The molecule has 7 heteroatoms. The first-order chi connectivity index (χ1) is 15.4. The van der Waals surface area contributed by atoms with Crippen molar-refractivity contribution >= 4 is 55.4 Å². The Morgan fingerprint density at radius 3 is 2.12 bits per heavy atom. The van der Waals surface area contributed by atoms with Crippen LogP contribution in [0.15, 0.2) is 57.5 Å². The Kier molecular flexibility index (Phi) is 10.1. The van der Waals surface area contributed by atoms with Crippen molar-refractivity contribution in [2.45, 2.75) is 63.4 Å². The van der Waals surface area contributed by atoms with Gasteiger partial charge in [-0.05, 0) is 55.2 Å². The predicted octanol–water partition coefficient (Wildman–Crippen LogP) is 6.31. The first-order valence-electron chi connectivity index (χ1n) is 11.1. The molecule has 0 saturated heterocycles. The number of rotatable bonds is 9. The summed E-state index contributed by atoms with van der Waals surface area (Å²) in [5.41, 5.74) is 2.19. The largest absolute Gasteiger partial charge is 0.352 e. The number of halogens is 2. The van der Waals surface area contributed by atoms with E-state index < -0.39 is 6.04 Å². The van der Waals surface area contributed by atoms with Gasteiger partial charge in [-0.2, -0.15) is 0 Å². The molecule has 2 aromatic carbocycles. The van der Waals surface area contributed by atoms with Gasteiger partial charge in [-0.15, -0.1) is 11.8 Å². The van der Waals surface area contributed by atoms with E-state index >= 15 is 0 Å². The minimum Gasteiger partial charge on any atom is -0.352 e. The second kappa shape index (κ2) is 12.8. The molecule has 0 heterocycles. The molecule has 0 aromatic heterocycles. The van der Waals surface area contributed by atoms with Crippen LogP contribution in [0.1, 0.15) is 50.2 Å². The van der Waals surface area contributed by atoms with Crippen molar-refractivity contribution in [3.05, 3.63) is 68.6 Å². The smallest absolute Gasteiger partial charge is 0.242 e.